The molecular weight excluding hydrogens is 314 g/mol. The van der Waals surface area contributed by atoms with Gasteiger partial charge in [-0.2, -0.15) is 0 Å². The van der Waals surface area contributed by atoms with Gasteiger partial charge in [-0.05, 0) is 34.8 Å². The maximum atomic E-state index is 5.94. The van der Waals surface area contributed by atoms with Gasteiger partial charge in [-0.3, -0.25) is 0 Å². The van der Waals surface area contributed by atoms with Gasteiger partial charge in [0.2, 0.25) is 0 Å². The minimum absolute atomic E-state index is 0.0486. The molecule has 0 bridgehead atoms. The minimum Gasteiger partial charge on any atom is -0.384 e. The summed E-state index contributed by atoms with van der Waals surface area (Å²) in [5, 5.41) is 0. The molecule has 134 valence electrons. The van der Waals surface area contributed by atoms with Crippen LogP contribution in [0.1, 0.15) is 30.6 Å². The predicted octanol–water partition coefficient (Wildman–Crippen LogP) is 3.41. The van der Waals surface area contributed by atoms with Gasteiger partial charge in [-0.1, -0.05) is 24.3 Å². The summed E-state index contributed by atoms with van der Waals surface area (Å²) in [5.41, 5.74) is 8.38. The lowest BCUT2D eigenvalue weighted by molar-refractivity contribution is 0.0510. The molecule has 4 nitrogen and oxygen atoms in total. The van der Waals surface area contributed by atoms with Crippen molar-refractivity contribution in [3.8, 4) is 0 Å². The third kappa shape index (κ3) is 2.73. The number of benzene rings is 1. The largest absolute Gasteiger partial charge is 0.384 e. The highest BCUT2D eigenvalue weighted by molar-refractivity contribution is 5.81. The van der Waals surface area contributed by atoms with Gasteiger partial charge in [0, 0.05) is 45.3 Å². The summed E-state index contributed by atoms with van der Waals surface area (Å²) in [5.74, 6) is 0.281. The van der Waals surface area contributed by atoms with Gasteiger partial charge in [-0.25, -0.2) is 0 Å². The van der Waals surface area contributed by atoms with Crippen LogP contribution in [0.4, 0.5) is 0 Å². The molecule has 1 aromatic rings. The van der Waals surface area contributed by atoms with Crippen LogP contribution in [0.15, 0.2) is 41.1 Å². The molecule has 0 radical (unpaired) electrons. The molecule has 0 spiro atoms. The molecule has 1 fully saturated rings. The van der Waals surface area contributed by atoms with Crippen molar-refractivity contribution in [2.24, 2.45) is 5.92 Å². The highest BCUT2D eigenvalue weighted by Gasteiger charge is 2.40. The first-order valence-corrected chi connectivity index (χ1v) is 9.12. The van der Waals surface area contributed by atoms with Crippen molar-refractivity contribution in [2.45, 2.75) is 19.4 Å². The Labute approximate surface area is 150 Å². The number of rotatable bonds is 4. The molecule has 0 aromatic heterocycles. The van der Waals surface area contributed by atoms with Crippen molar-refractivity contribution in [3.63, 3.8) is 0 Å². The van der Waals surface area contributed by atoms with E-state index in [0.717, 1.165) is 32.7 Å². The molecule has 0 unspecified atom stereocenters. The zero-order valence-corrected chi connectivity index (χ0v) is 15.4. The van der Waals surface area contributed by atoms with Crippen LogP contribution in [0.25, 0.3) is 5.57 Å². The summed E-state index contributed by atoms with van der Waals surface area (Å²) in [6.45, 7) is 6.55. The van der Waals surface area contributed by atoms with Crippen molar-refractivity contribution >= 4 is 5.57 Å². The molecule has 4 rings (SSSR count). The van der Waals surface area contributed by atoms with Crippen molar-refractivity contribution < 1.29 is 14.2 Å². The molecule has 1 aliphatic heterocycles. The zero-order chi connectivity index (χ0) is 17.4. The van der Waals surface area contributed by atoms with E-state index in [1.165, 1.54) is 33.5 Å². The maximum Gasteiger partial charge on any atom is 0.105 e. The quantitative estimate of drug-likeness (QED) is 0.840. The second-order valence-electron chi connectivity index (χ2n) is 7.05. The lowest BCUT2D eigenvalue weighted by Gasteiger charge is -2.38. The van der Waals surface area contributed by atoms with Crippen LogP contribution in [0.2, 0.25) is 0 Å². The van der Waals surface area contributed by atoms with Crippen LogP contribution >= 0.6 is 0 Å². The molecule has 0 N–H and O–H groups in total. The van der Waals surface area contributed by atoms with E-state index >= 15 is 0 Å². The maximum absolute atomic E-state index is 5.94. The summed E-state index contributed by atoms with van der Waals surface area (Å²) in [7, 11) is 3.61. The zero-order valence-electron chi connectivity index (χ0n) is 15.4. The van der Waals surface area contributed by atoms with Gasteiger partial charge < -0.3 is 19.1 Å². The van der Waals surface area contributed by atoms with Crippen LogP contribution in [0.5, 0.6) is 0 Å². The second-order valence-corrected chi connectivity index (χ2v) is 7.05. The van der Waals surface area contributed by atoms with Gasteiger partial charge in [0.25, 0.3) is 0 Å². The molecule has 1 aromatic carbocycles. The Hall–Kier alpha value is -1.62. The predicted molar refractivity (Wildman–Crippen MR) is 98.2 cm³/mol. The number of nitrogens with zero attached hydrogens (tertiary/aromatic N) is 1. The van der Waals surface area contributed by atoms with E-state index < -0.39 is 0 Å². The highest BCUT2D eigenvalue weighted by atomic mass is 16.5. The Balaban J connectivity index is 1.78. The first-order chi connectivity index (χ1) is 12.3. The molecule has 0 saturated carbocycles. The van der Waals surface area contributed by atoms with Gasteiger partial charge >= 0.3 is 0 Å². The van der Waals surface area contributed by atoms with Gasteiger partial charge in [-0.15, -0.1) is 0 Å². The average molecular weight is 341 g/mol. The number of allylic oxidation sites excluding steroid dienone is 1. The lowest BCUT2D eigenvalue weighted by atomic mass is 9.80. The first kappa shape index (κ1) is 16.8. The molecule has 25 heavy (non-hydrogen) atoms. The number of morpholine rings is 1. The van der Waals surface area contributed by atoms with E-state index in [9.17, 15) is 0 Å². The Morgan fingerprint density at radius 1 is 1.16 bits per heavy atom. The standard InChI is InChI=1S/C21H27NO3/c1-14-18(13-23-2)20-17(12-19(14)22-8-10-25-11-9-22)15-6-4-5-7-16(15)21(20)24-3/h4-7,18,21H,8-13H2,1-3H3/t18-,21-/m0/s1. The summed E-state index contributed by atoms with van der Waals surface area (Å²) < 4.78 is 17.1. The molecular formula is C21H27NO3. The fraction of sp³-hybridized carbons (Fsp3) is 0.524. The van der Waals surface area contributed by atoms with Crippen molar-refractivity contribution in [1.82, 2.24) is 4.90 Å². The molecule has 3 aliphatic rings. The third-order valence-electron chi connectivity index (χ3n) is 5.86. The fourth-order valence-corrected chi connectivity index (χ4v) is 4.64. The fourth-order valence-electron chi connectivity index (χ4n) is 4.64. The molecule has 4 heteroatoms. The van der Waals surface area contributed by atoms with E-state index in [1.54, 1.807) is 7.11 Å². The Bertz CT molecular complexity index is 716. The summed E-state index contributed by atoms with van der Waals surface area (Å²) in [6, 6.07) is 8.69. The van der Waals surface area contributed by atoms with E-state index in [2.05, 4.69) is 36.1 Å². The van der Waals surface area contributed by atoms with Crippen LogP contribution in [0.3, 0.4) is 0 Å². The van der Waals surface area contributed by atoms with Gasteiger partial charge in [0.05, 0.1) is 19.8 Å². The monoisotopic (exact) mass is 341 g/mol. The molecule has 1 heterocycles. The Morgan fingerprint density at radius 3 is 2.64 bits per heavy atom. The Kier molecular flexibility index (Phi) is 4.67. The summed E-state index contributed by atoms with van der Waals surface area (Å²) in [4.78, 5) is 2.51. The number of fused-ring (bicyclic) bond motifs is 2. The van der Waals surface area contributed by atoms with E-state index in [-0.39, 0.29) is 12.0 Å². The van der Waals surface area contributed by atoms with Crippen LogP contribution in [0, 0.1) is 5.92 Å². The minimum atomic E-state index is 0.0486. The van der Waals surface area contributed by atoms with Crippen LogP contribution in [-0.2, 0) is 14.2 Å². The number of hydrogen-bond donors (Lipinski definition) is 0. The van der Waals surface area contributed by atoms with E-state index in [4.69, 9.17) is 14.2 Å². The lowest BCUT2D eigenvalue weighted by Crippen LogP contribution is -2.38. The van der Waals surface area contributed by atoms with Crippen molar-refractivity contribution in [2.75, 3.05) is 47.1 Å². The molecule has 2 atom stereocenters. The smallest absolute Gasteiger partial charge is 0.105 e. The number of hydrogen-bond acceptors (Lipinski definition) is 4. The topological polar surface area (TPSA) is 30.9 Å². The average Bonchev–Trinajstić information content (AvgIpc) is 2.98. The SMILES string of the molecule is COC[C@H]1C(C)=C(N2CCOCC2)CC2=C1[C@@H](OC)c1ccccc12. The molecule has 2 aliphatic carbocycles. The van der Waals surface area contributed by atoms with Gasteiger partial charge in [0.1, 0.15) is 6.10 Å². The second kappa shape index (κ2) is 6.94. The van der Waals surface area contributed by atoms with Crippen molar-refractivity contribution in [1.29, 1.82) is 0 Å². The van der Waals surface area contributed by atoms with Crippen LogP contribution in [-0.4, -0.2) is 52.0 Å². The number of methoxy groups -OCH3 is 2. The van der Waals surface area contributed by atoms with Crippen LogP contribution < -0.4 is 0 Å². The van der Waals surface area contributed by atoms with E-state index in [1.807, 2.05) is 7.11 Å². The summed E-state index contributed by atoms with van der Waals surface area (Å²) in [6.07, 6.45) is 1.03. The highest BCUT2D eigenvalue weighted by Crippen LogP contribution is 2.52. The molecule has 1 saturated heterocycles. The third-order valence-corrected chi connectivity index (χ3v) is 5.86. The normalized spacial score (nSPS) is 26.1. The number of ether oxygens (including phenoxy) is 3. The van der Waals surface area contributed by atoms with Crippen molar-refractivity contribution in [3.05, 3.63) is 52.2 Å². The first-order valence-electron chi connectivity index (χ1n) is 9.12. The molecule has 0 amide bonds. The summed E-state index contributed by atoms with van der Waals surface area (Å²) >= 11 is 0. The van der Waals surface area contributed by atoms with E-state index in [0.29, 0.717) is 6.61 Å². The Morgan fingerprint density at radius 2 is 1.92 bits per heavy atom. The van der Waals surface area contributed by atoms with Gasteiger partial charge in [0.15, 0.2) is 0 Å².